The third-order valence-corrected chi connectivity index (χ3v) is 4.75. The third kappa shape index (κ3) is 3.70. The van der Waals surface area contributed by atoms with E-state index in [1.807, 2.05) is 0 Å². The average Bonchev–Trinajstić information content (AvgIpc) is 2.53. The van der Waals surface area contributed by atoms with Gasteiger partial charge < -0.3 is 14.4 Å². The number of methoxy groups -OCH3 is 2. The van der Waals surface area contributed by atoms with E-state index in [-0.39, 0.29) is 16.3 Å². The van der Waals surface area contributed by atoms with Crippen LogP contribution in [0.3, 0.4) is 0 Å². The fraction of sp³-hybridized carbons (Fsp3) is 0.250. The first kappa shape index (κ1) is 17.9. The Bertz CT molecular complexity index is 838. The van der Waals surface area contributed by atoms with Crippen molar-refractivity contribution in [2.24, 2.45) is 0 Å². The molecule has 2 aromatic rings. The van der Waals surface area contributed by atoms with Crippen LogP contribution in [0.25, 0.3) is 0 Å². The van der Waals surface area contributed by atoms with Crippen LogP contribution in [0, 0.1) is 5.82 Å². The zero-order valence-electron chi connectivity index (χ0n) is 13.8. The summed E-state index contributed by atoms with van der Waals surface area (Å²) < 4.78 is 51.5. The summed E-state index contributed by atoms with van der Waals surface area (Å²) in [6.45, 7) is 0. The maximum atomic E-state index is 13.5. The summed E-state index contributed by atoms with van der Waals surface area (Å²) >= 11 is 0. The molecule has 0 aromatic heterocycles. The Morgan fingerprint density at radius 1 is 1.04 bits per heavy atom. The lowest BCUT2D eigenvalue weighted by Gasteiger charge is -2.19. The van der Waals surface area contributed by atoms with Crippen LogP contribution in [0.4, 0.5) is 15.8 Å². The van der Waals surface area contributed by atoms with Gasteiger partial charge in [0, 0.05) is 26.2 Å². The molecule has 130 valence electrons. The van der Waals surface area contributed by atoms with Crippen LogP contribution < -0.4 is 19.1 Å². The van der Waals surface area contributed by atoms with Gasteiger partial charge in [-0.05, 0) is 24.3 Å². The number of anilines is 2. The van der Waals surface area contributed by atoms with Gasteiger partial charge in [0.1, 0.15) is 22.2 Å². The van der Waals surface area contributed by atoms with Crippen molar-refractivity contribution in [2.75, 3.05) is 37.9 Å². The van der Waals surface area contributed by atoms with Crippen LogP contribution in [-0.2, 0) is 10.0 Å². The van der Waals surface area contributed by atoms with Gasteiger partial charge in [0.15, 0.2) is 0 Å². The highest BCUT2D eigenvalue weighted by Crippen LogP contribution is 2.32. The van der Waals surface area contributed by atoms with Crippen molar-refractivity contribution in [2.45, 2.75) is 4.90 Å². The second-order valence-electron chi connectivity index (χ2n) is 5.18. The second kappa shape index (κ2) is 6.96. The monoisotopic (exact) mass is 354 g/mol. The molecule has 0 saturated heterocycles. The molecule has 0 amide bonds. The average molecular weight is 354 g/mol. The number of benzene rings is 2. The molecule has 24 heavy (non-hydrogen) atoms. The van der Waals surface area contributed by atoms with Gasteiger partial charge in [0.2, 0.25) is 0 Å². The number of rotatable bonds is 6. The van der Waals surface area contributed by atoms with Gasteiger partial charge in [-0.3, -0.25) is 4.72 Å². The summed E-state index contributed by atoms with van der Waals surface area (Å²) in [6, 6.07) is 8.24. The van der Waals surface area contributed by atoms with Crippen LogP contribution in [0.5, 0.6) is 11.5 Å². The molecule has 2 rings (SSSR count). The van der Waals surface area contributed by atoms with Crippen molar-refractivity contribution in [3.05, 3.63) is 42.2 Å². The van der Waals surface area contributed by atoms with Gasteiger partial charge in [-0.2, -0.15) is 0 Å². The van der Waals surface area contributed by atoms with Crippen LogP contribution in [-0.4, -0.2) is 36.7 Å². The highest BCUT2D eigenvalue weighted by atomic mass is 32.2. The molecule has 0 saturated carbocycles. The molecule has 0 atom stereocenters. The number of ether oxygens (including phenoxy) is 2. The van der Waals surface area contributed by atoms with E-state index >= 15 is 0 Å². The Hall–Kier alpha value is -2.48. The van der Waals surface area contributed by atoms with Crippen LogP contribution in [0.15, 0.2) is 41.3 Å². The van der Waals surface area contributed by atoms with E-state index < -0.39 is 15.8 Å². The highest BCUT2D eigenvalue weighted by molar-refractivity contribution is 7.92. The fourth-order valence-corrected chi connectivity index (χ4v) is 3.39. The molecule has 0 unspecified atom stereocenters. The van der Waals surface area contributed by atoms with E-state index in [2.05, 4.69) is 4.72 Å². The Morgan fingerprint density at radius 3 is 2.33 bits per heavy atom. The van der Waals surface area contributed by atoms with E-state index in [0.29, 0.717) is 11.4 Å². The lowest BCUT2D eigenvalue weighted by Crippen LogP contribution is -2.18. The van der Waals surface area contributed by atoms with Gasteiger partial charge in [-0.15, -0.1) is 0 Å². The van der Waals surface area contributed by atoms with E-state index in [1.165, 1.54) is 44.6 Å². The quantitative estimate of drug-likeness (QED) is 0.864. The summed E-state index contributed by atoms with van der Waals surface area (Å²) in [5.41, 5.74) is 0.672. The molecule has 0 bridgehead atoms. The molecule has 1 N–H and O–H groups in total. The smallest absolute Gasteiger partial charge is 0.265 e. The first-order valence-corrected chi connectivity index (χ1v) is 8.48. The molecule has 0 aliphatic carbocycles. The Morgan fingerprint density at radius 2 is 1.75 bits per heavy atom. The van der Waals surface area contributed by atoms with Crippen LogP contribution in [0.1, 0.15) is 0 Å². The maximum absolute atomic E-state index is 13.5. The Balaban J connectivity index is 2.48. The minimum Gasteiger partial charge on any atom is -0.497 e. The summed E-state index contributed by atoms with van der Waals surface area (Å²) in [7, 11) is 2.32. The molecule has 0 radical (unpaired) electrons. The maximum Gasteiger partial charge on any atom is 0.265 e. The number of nitrogens with one attached hydrogen (secondary N) is 1. The molecular formula is C16H19FN2O4S. The first-order chi connectivity index (χ1) is 11.3. The molecule has 0 aliphatic rings. The Labute approximate surface area is 140 Å². The Kier molecular flexibility index (Phi) is 5.18. The molecule has 0 heterocycles. The molecule has 2 aromatic carbocycles. The predicted octanol–water partition coefficient (Wildman–Crippen LogP) is 2.71. The van der Waals surface area contributed by atoms with Crippen molar-refractivity contribution >= 4 is 21.4 Å². The lowest BCUT2D eigenvalue weighted by atomic mass is 10.2. The summed E-state index contributed by atoms with van der Waals surface area (Å²) in [5, 5.41) is 0. The van der Waals surface area contributed by atoms with Crippen molar-refractivity contribution in [1.29, 1.82) is 0 Å². The van der Waals surface area contributed by atoms with Gasteiger partial charge >= 0.3 is 0 Å². The third-order valence-electron chi connectivity index (χ3n) is 3.35. The zero-order chi connectivity index (χ0) is 17.9. The number of halogens is 1. The number of hydrogen-bond acceptors (Lipinski definition) is 5. The molecule has 0 fully saturated rings. The fourth-order valence-electron chi connectivity index (χ4n) is 2.18. The first-order valence-electron chi connectivity index (χ1n) is 7.00. The van der Waals surface area contributed by atoms with Gasteiger partial charge in [-0.1, -0.05) is 0 Å². The lowest BCUT2D eigenvalue weighted by molar-refractivity contribution is 0.386. The predicted molar refractivity (Wildman–Crippen MR) is 91.1 cm³/mol. The number of nitrogens with zero attached hydrogens (tertiary/aromatic N) is 1. The highest BCUT2D eigenvalue weighted by Gasteiger charge is 2.22. The minimum absolute atomic E-state index is 0.0697. The molecule has 8 heteroatoms. The van der Waals surface area contributed by atoms with Crippen molar-refractivity contribution in [1.82, 2.24) is 0 Å². The number of sulfonamides is 1. The summed E-state index contributed by atoms with van der Waals surface area (Å²) in [6.07, 6.45) is 0. The van der Waals surface area contributed by atoms with Crippen LogP contribution in [0.2, 0.25) is 0 Å². The second-order valence-corrected chi connectivity index (χ2v) is 6.83. The molecule has 0 aliphatic heterocycles. The van der Waals surface area contributed by atoms with Gasteiger partial charge in [0.25, 0.3) is 10.0 Å². The topological polar surface area (TPSA) is 67.9 Å². The molecule has 0 spiro atoms. The van der Waals surface area contributed by atoms with Gasteiger partial charge in [0.05, 0.1) is 25.6 Å². The van der Waals surface area contributed by atoms with Crippen molar-refractivity contribution in [3.8, 4) is 11.5 Å². The standard InChI is InChI=1S/C16H19FN2O4S/c1-19(2)14-7-5-11(17)9-13(14)18-24(20,21)16-8-6-12(22-3)10-15(16)23-4/h5-10,18H,1-4H3. The summed E-state index contributed by atoms with van der Waals surface area (Å²) in [5.74, 6) is 0.0511. The minimum atomic E-state index is -3.98. The van der Waals surface area contributed by atoms with Crippen molar-refractivity contribution < 1.29 is 22.3 Å². The van der Waals surface area contributed by atoms with Crippen molar-refractivity contribution in [3.63, 3.8) is 0 Å². The van der Waals surface area contributed by atoms with Gasteiger partial charge in [-0.25, -0.2) is 12.8 Å². The molecule has 6 nitrogen and oxygen atoms in total. The van der Waals surface area contributed by atoms with Crippen LogP contribution >= 0.6 is 0 Å². The van der Waals surface area contributed by atoms with E-state index in [1.54, 1.807) is 19.0 Å². The molecular weight excluding hydrogens is 335 g/mol. The normalized spacial score (nSPS) is 11.0. The zero-order valence-corrected chi connectivity index (χ0v) is 14.6. The number of hydrogen-bond donors (Lipinski definition) is 1. The van der Waals surface area contributed by atoms with E-state index in [9.17, 15) is 12.8 Å². The van der Waals surface area contributed by atoms with E-state index in [0.717, 1.165) is 6.07 Å². The largest absolute Gasteiger partial charge is 0.497 e. The SMILES string of the molecule is COc1ccc(S(=O)(=O)Nc2cc(F)ccc2N(C)C)c(OC)c1. The summed E-state index contributed by atoms with van der Waals surface area (Å²) in [4.78, 5) is 1.61. The van der Waals surface area contributed by atoms with E-state index in [4.69, 9.17) is 9.47 Å².